The highest BCUT2D eigenvalue weighted by Crippen LogP contribution is 2.26. The van der Waals surface area contributed by atoms with E-state index in [0.717, 1.165) is 12.1 Å². The van der Waals surface area contributed by atoms with E-state index in [4.69, 9.17) is 9.47 Å². The summed E-state index contributed by atoms with van der Waals surface area (Å²) >= 11 is 0. The van der Waals surface area contributed by atoms with E-state index in [1.165, 1.54) is 39.8 Å². The van der Waals surface area contributed by atoms with Crippen molar-refractivity contribution in [3.05, 3.63) is 29.6 Å². The van der Waals surface area contributed by atoms with Crippen LogP contribution in [0.5, 0.6) is 5.75 Å². The van der Waals surface area contributed by atoms with E-state index in [1.54, 1.807) is 27.8 Å². The van der Waals surface area contributed by atoms with Gasteiger partial charge in [-0.25, -0.2) is 9.18 Å². The fourth-order valence-corrected chi connectivity index (χ4v) is 5.30. The average Bonchev–Trinajstić information content (AvgIpc) is 3.35. The fraction of sp³-hybridized carbons (Fsp3) is 0.645. The maximum atomic E-state index is 14.5. The first-order chi connectivity index (χ1) is 21.0. The number of ether oxygens (including phenoxy) is 2. The van der Waals surface area contributed by atoms with Crippen molar-refractivity contribution in [3.8, 4) is 5.75 Å². The van der Waals surface area contributed by atoms with Gasteiger partial charge in [0.05, 0.1) is 24.2 Å². The first-order valence-corrected chi connectivity index (χ1v) is 15.1. The second kappa shape index (κ2) is 14.9. The average molecular weight is 635 g/mol. The molecule has 1 aromatic carbocycles. The number of hydrogen-bond donors (Lipinski definition) is 1. The van der Waals surface area contributed by atoms with Crippen molar-refractivity contribution in [1.29, 1.82) is 0 Å². The van der Waals surface area contributed by atoms with Gasteiger partial charge >= 0.3 is 6.09 Å². The molecule has 3 atom stereocenters. The standard InChI is InChI=1S/C31H47FN6O7/c1-31(2,3)45-30(43)33-21-16-22-19-44-25-11-9-20(32)15-23(25)28(41)37(8)24(29(42)35(6)14-13-34(4)5)10-12-26(39)36(7)18-27(40)38(22)17-21/h9,11,15,21-22,24H,10,12-14,16-19H2,1-8H3,(H,33,43)/t21-,22-,24-/m0/s1. The Bertz CT molecular complexity index is 1270. The van der Waals surface area contributed by atoms with Crippen LogP contribution in [0.25, 0.3) is 0 Å². The lowest BCUT2D eigenvalue weighted by Crippen LogP contribution is -2.50. The number of rotatable bonds is 5. The van der Waals surface area contributed by atoms with Crippen LogP contribution in [-0.4, -0.2) is 146 Å². The van der Waals surface area contributed by atoms with Gasteiger partial charge in [0.25, 0.3) is 5.91 Å². The van der Waals surface area contributed by atoms with Crippen LogP contribution in [0.1, 0.15) is 50.4 Å². The molecule has 0 unspecified atom stereocenters. The summed E-state index contributed by atoms with van der Waals surface area (Å²) in [4.78, 5) is 74.0. The van der Waals surface area contributed by atoms with E-state index in [1.807, 2.05) is 19.0 Å². The van der Waals surface area contributed by atoms with Gasteiger partial charge in [0.2, 0.25) is 17.7 Å². The topological polar surface area (TPSA) is 132 Å². The third-order valence-corrected chi connectivity index (χ3v) is 7.82. The molecule has 0 bridgehead atoms. The van der Waals surface area contributed by atoms with E-state index in [9.17, 15) is 28.4 Å². The quantitative estimate of drug-likeness (QED) is 0.515. The zero-order valence-electron chi connectivity index (χ0n) is 27.6. The molecule has 0 radical (unpaired) electrons. The second-order valence-electron chi connectivity index (χ2n) is 13.0. The second-order valence-corrected chi connectivity index (χ2v) is 13.0. The molecule has 5 amide bonds. The Kier molecular flexibility index (Phi) is 11.8. The van der Waals surface area contributed by atoms with Crippen molar-refractivity contribution in [3.63, 3.8) is 0 Å². The van der Waals surface area contributed by atoms with Crippen LogP contribution in [0.2, 0.25) is 0 Å². The van der Waals surface area contributed by atoms with E-state index in [2.05, 4.69) is 5.32 Å². The molecule has 14 heteroatoms. The van der Waals surface area contributed by atoms with E-state index < -0.39 is 41.5 Å². The molecule has 1 aromatic rings. The molecule has 2 aliphatic heterocycles. The lowest BCUT2D eigenvalue weighted by Gasteiger charge is -2.32. The maximum absolute atomic E-state index is 14.5. The molecule has 1 N–H and O–H groups in total. The van der Waals surface area contributed by atoms with Gasteiger partial charge in [-0.2, -0.15) is 0 Å². The molecule has 0 aromatic heterocycles. The summed E-state index contributed by atoms with van der Waals surface area (Å²) in [6, 6.07) is 1.54. The SMILES string of the molecule is CN(C)CCN(C)C(=O)[C@@H]1CCC(=O)N(C)CC(=O)N2C[C@@H](NC(=O)OC(C)(C)C)C[C@H]2COc2ccc(F)cc2C(=O)N1C. The third-order valence-electron chi connectivity index (χ3n) is 7.82. The molecule has 3 rings (SSSR count). The lowest BCUT2D eigenvalue weighted by molar-refractivity contribution is -0.141. The first kappa shape index (κ1) is 35.5. The van der Waals surface area contributed by atoms with Crippen LogP contribution in [0.4, 0.5) is 9.18 Å². The van der Waals surface area contributed by atoms with Crippen molar-refractivity contribution < 1.29 is 37.8 Å². The summed E-state index contributed by atoms with van der Waals surface area (Å²) in [6.45, 7) is 6.07. The Labute approximate surface area is 264 Å². The number of carbonyl (C=O) groups is 5. The van der Waals surface area contributed by atoms with Crippen LogP contribution in [-0.2, 0) is 19.1 Å². The molecule has 1 saturated heterocycles. The summed E-state index contributed by atoms with van der Waals surface area (Å²) < 4.78 is 25.9. The number of nitrogens with one attached hydrogen (secondary N) is 1. The summed E-state index contributed by atoms with van der Waals surface area (Å²) in [7, 11) is 8.33. The van der Waals surface area contributed by atoms with E-state index in [-0.39, 0.29) is 61.6 Å². The Balaban J connectivity index is 1.94. The molecular formula is C31H47FN6O7. The van der Waals surface area contributed by atoms with Gasteiger partial charge in [0, 0.05) is 47.2 Å². The van der Waals surface area contributed by atoms with Gasteiger partial charge in [-0.05, 0) is 65.9 Å². The largest absolute Gasteiger partial charge is 0.491 e. The number of carbonyl (C=O) groups excluding carboxylic acids is 5. The van der Waals surface area contributed by atoms with Gasteiger partial charge in [0.15, 0.2) is 0 Å². The Morgan fingerprint density at radius 3 is 2.42 bits per heavy atom. The van der Waals surface area contributed by atoms with Crippen LogP contribution in [0.3, 0.4) is 0 Å². The summed E-state index contributed by atoms with van der Waals surface area (Å²) in [6.07, 6.45) is -0.423. The Morgan fingerprint density at radius 1 is 1.09 bits per heavy atom. The first-order valence-electron chi connectivity index (χ1n) is 15.1. The summed E-state index contributed by atoms with van der Waals surface area (Å²) in [5.41, 5.74) is -0.803. The molecule has 250 valence electrons. The number of amides is 5. The fourth-order valence-electron chi connectivity index (χ4n) is 5.30. The number of nitrogens with zero attached hydrogens (tertiary/aromatic N) is 5. The number of fused-ring (bicyclic) bond motifs is 2. The molecule has 1 fully saturated rings. The minimum absolute atomic E-state index is 0.00945. The van der Waals surface area contributed by atoms with Crippen molar-refractivity contribution in [2.75, 3.05) is 68.0 Å². The van der Waals surface area contributed by atoms with Crippen LogP contribution in [0.15, 0.2) is 18.2 Å². The molecule has 45 heavy (non-hydrogen) atoms. The monoisotopic (exact) mass is 634 g/mol. The minimum Gasteiger partial charge on any atom is -0.491 e. The molecule has 0 spiro atoms. The molecule has 0 saturated carbocycles. The number of hydrogen-bond acceptors (Lipinski definition) is 8. The minimum atomic E-state index is -1.03. The number of halogens is 1. The molecule has 2 aliphatic rings. The number of likely N-dealkylation sites (N-methyl/N-ethyl adjacent to an activating group) is 4. The van der Waals surface area contributed by atoms with Gasteiger partial charge in [-0.3, -0.25) is 19.2 Å². The number of alkyl carbamates (subject to hydrolysis) is 1. The van der Waals surface area contributed by atoms with Crippen molar-refractivity contribution >= 4 is 29.7 Å². The predicted octanol–water partition coefficient (Wildman–Crippen LogP) is 1.41. The molecule has 0 aliphatic carbocycles. The van der Waals surface area contributed by atoms with Crippen molar-refractivity contribution in [2.45, 2.75) is 63.8 Å². The summed E-state index contributed by atoms with van der Waals surface area (Å²) in [5.74, 6) is -2.34. The lowest BCUT2D eigenvalue weighted by atomic mass is 10.1. The van der Waals surface area contributed by atoms with Gasteiger partial charge in [-0.1, -0.05) is 0 Å². The third kappa shape index (κ3) is 9.77. The van der Waals surface area contributed by atoms with E-state index >= 15 is 0 Å². The zero-order chi connectivity index (χ0) is 33.6. The van der Waals surface area contributed by atoms with Crippen molar-refractivity contribution in [2.24, 2.45) is 0 Å². The normalized spacial score (nSPS) is 21.9. The molecule has 2 heterocycles. The highest BCUT2D eigenvalue weighted by atomic mass is 19.1. The molecule has 13 nitrogen and oxygen atoms in total. The van der Waals surface area contributed by atoms with Gasteiger partial charge in [0.1, 0.15) is 29.8 Å². The Morgan fingerprint density at radius 2 is 1.78 bits per heavy atom. The zero-order valence-corrected chi connectivity index (χ0v) is 27.6. The van der Waals surface area contributed by atoms with Crippen LogP contribution >= 0.6 is 0 Å². The highest BCUT2D eigenvalue weighted by Gasteiger charge is 2.39. The predicted molar refractivity (Wildman–Crippen MR) is 164 cm³/mol. The van der Waals surface area contributed by atoms with Gasteiger partial charge in [-0.15, -0.1) is 0 Å². The Hall–Kier alpha value is -3.94. The highest BCUT2D eigenvalue weighted by molar-refractivity contribution is 5.99. The van der Waals surface area contributed by atoms with Crippen LogP contribution < -0.4 is 10.1 Å². The van der Waals surface area contributed by atoms with E-state index in [0.29, 0.717) is 19.5 Å². The molecular weight excluding hydrogens is 587 g/mol. The smallest absolute Gasteiger partial charge is 0.407 e. The number of benzene rings is 1. The van der Waals surface area contributed by atoms with Crippen LogP contribution in [0, 0.1) is 5.82 Å². The van der Waals surface area contributed by atoms with Crippen molar-refractivity contribution in [1.82, 2.24) is 29.8 Å². The maximum Gasteiger partial charge on any atom is 0.407 e. The summed E-state index contributed by atoms with van der Waals surface area (Å²) in [5, 5.41) is 2.80. The van der Waals surface area contributed by atoms with Gasteiger partial charge < -0.3 is 39.3 Å².